The zero-order valence-electron chi connectivity index (χ0n) is 19.7. The molecule has 2 fully saturated rings. The van der Waals surface area contributed by atoms with Gasteiger partial charge in [-0.1, -0.05) is 12.1 Å². The van der Waals surface area contributed by atoms with E-state index in [1.54, 1.807) is 0 Å². The van der Waals surface area contributed by atoms with Gasteiger partial charge in [0, 0.05) is 50.6 Å². The topological polar surface area (TPSA) is 97.6 Å². The number of imidazole rings is 1. The first-order valence-electron chi connectivity index (χ1n) is 12.1. The van der Waals surface area contributed by atoms with Crippen LogP contribution in [0.2, 0.25) is 0 Å². The van der Waals surface area contributed by atoms with Gasteiger partial charge in [0.15, 0.2) is 11.5 Å². The van der Waals surface area contributed by atoms with Crippen molar-refractivity contribution in [2.75, 3.05) is 24.5 Å². The van der Waals surface area contributed by atoms with Crippen LogP contribution >= 0.6 is 0 Å². The van der Waals surface area contributed by atoms with Gasteiger partial charge >= 0.3 is 0 Å². The summed E-state index contributed by atoms with van der Waals surface area (Å²) in [5, 5.41) is 4.86. The van der Waals surface area contributed by atoms with Crippen molar-refractivity contribution in [1.82, 2.24) is 29.0 Å². The van der Waals surface area contributed by atoms with Crippen LogP contribution in [0.15, 0.2) is 36.5 Å². The number of hydrogen-bond acceptors (Lipinski definition) is 6. The number of anilines is 1. The van der Waals surface area contributed by atoms with Crippen molar-refractivity contribution in [3.63, 3.8) is 0 Å². The lowest BCUT2D eigenvalue weighted by molar-refractivity contribution is 0.0590. The van der Waals surface area contributed by atoms with E-state index in [4.69, 9.17) is 15.8 Å². The molecule has 2 N–H and O–H groups in total. The van der Waals surface area contributed by atoms with Gasteiger partial charge in [-0.05, 0) is 44.7 Å². The fourth-order valence-electron chi connectivity index (χ4n) is 5.43. The van der Waals surface area contributed by atoms with Crippen molar-refractivity contribution in [1.29, 1.82) is 0 Å². The number of piperidine rings is 1. The van der Waals surface area contributed by atoms with E-state index < -0.39 is 0 Å². The molecule has 3 aromatic heterocycles. The Morgan fingerprint density at radius 3 is 2.76 bits per heavy atom. The summed E-state index contributed by atoms with van der Waals surface area (Å²) in [7, 11) is 1.91. The monoisotopic (exact) mass is 458 g/mol. The fourth-order valence-corrected chi connectivity index (χ4v) is 5.43. The number of carbonyl (C=O) groups is 1. The molecule has 176 valence electrons. The molecule has 2 aliphatic rings. The lowest BCUT2D eigenvalue weighted by Crippen LogP contribution is -2.39. The summed E-state index contributed by atoms with van der Waals surface area (Å²) in [5.41, 5.74) is 10.7. The maximum absolute atomic E-state index is 13.7. The number of likely N-dealkylation sites (tertiary alicyclic amines) is 1. The van der Waals surface area contributed by atoms with Crippen LogP contribution in [-0.2, 0) is 7.05 Å². The quantitative estimate of drug-likeness (QED) is 0.507. The number of aryl methyl sites for hydroxylation is 2. The number of benzene rings is 1. The van der Waals surface area contributed by atoms with Crippen molar-refractivity contribution in [2.45, 2.75) is 44.7 Å². The van der Waals surface area contributed by atoms with Crippen molar-refractivity contribution in [2.24, 2.45) is 12.8 Å². The fraction of sp³-hybridized carbons (Fsp3) is 0.440. The first-order valence-corrected chi connectivity index (χ1v) is 12.1. The highest BCUT2D eigenvalue weighted by Crippen LogP contribution is 2.33. The summed E-state index contributed by atoms with van der Waals surface area (Å²) in [6.07, 6.45) is 5.94. The summed E-state index contributed by atoms with van der Waals surface area (Å²) in [5.74, 6) is 1.40. The highest BCUT2D eigenvalue weighted by molar-refractivity contribution is 5.95. The first kappa shape index (κ1) is 21.1. The van der Waals surface area contributed by atoms with Crippen LogP contribution in [0.3, 0.4) is 0 Å². The zero-order valence-corrected chi connectivity index (χ0v) is 19.7. The highest BCUT2D eigenvalue weighted by Gasteiger charge is 2.33. The number of nitrogens with zero attached hydrogens (tertiary/aromatic N) is 7. The number of carbonyl (C=O) groups excluding carboxylic acids is 1. The van der Waals surface area contributed by atoms with Gasteiger partial charge in [0.2, 0.25) is 0 Å². The highest BCUT2D eigenvalue weighted by atomic mass is 16.2. The second-order valence-corrected chi connectivity index (χ2v) is 9.61. The standard InChI is InChI=1S/C25H30N8O/c1-16-14-33-22(28-23(16)31-12-10-17(26)15-31)13-19(29-33)21-9-5-6-11-32(21)25(34)24-27-18-7-3-4-8-20(18)30(24)2/h3-4,7-8,13-14,17,21H,5-6,9-12,15,26H2,1-2H3/t17-,21-/m0/s1. The van der Waals surface area contributed by atoms with Crippen LogP contribution in [0, 0.1) is 6.92 Å². The van der Waals surface area contributed by atoms with E-state index in [2.05, 4.69) is 16.8 Å². The number of para-hydroxylation sites is 2. The van der Waals surface area contributed by atoms with E-state index in [1.807, 2.05) is 57.6 Å². The smallest absolute Gasteiger partial charge is 0.290 e. The minimum atomic E-state index is -0.0910. The second kappa shape index (κ2) is 8.09. The second-order valence-electron chi connectivity index (χ2n) is 9.61. The minimum Gasteiger partial charge on any atom is -0.355 e. The molecule has 6 rings (SSSR count). The maximum atomic E-state index is 13.7. The molecule has 0 spiro atoms. The van der Waals surface area contributed by atoms with Gasteiger partial charge < -0.3 is 20.1 Å². The number of aromatic nitrogens is 5. The molecule has 34 heavy (non-hydrogen) atoms. The third-order valence-corrected chi connectivity index (χ3v) is 7.23. The van der Waals surface area contributed by atoms with Gasteiger partial charge in [0.25, 0.3) is 5.91 Å². The Balaban J connectivity index is 1.35. The third-order valence-electron chi connectivity index (χ3n) is 7.23. The lowest BCUT2D eigenvalue weighted by Gasteiger charge is -2.34. The number of nitrogens with two attached hydrogens (primary N) is 1. The van der Waals surface area contributed by atoms with E-state index in [1.165, 1.54) is 0 Å². The molecular formula is C25H30N8O. The Kier molecular flexibility index (Phi) is 5.02. The number of fused-ring (bicyclic) bond motifs is 2. The molecule has 1 aromatic carbocycles. The van der Waals surface area contributed by atoms with Gasteiger partial charge in [-0.25, -0.2) is 14.5 Å². The molecule has 0 aliphatic carbocycles. The molecule has 2 atom stereocenters. The molecule has 0 radical (unpaired) electrons. The van der Waals surface area contributed by atoms with Crippen LogP contribution in [0.25, 0.3) is 16.7 Å². The number of hydrogen-bond donors (Lipinski definition) is 1. The van der Waals surface area contributed by atoms with Crippen LogP contribution in [0.4, 0.5) is 5.82 Å². The average molecular weight is 459 g/mol. The molecule has 2 aliphatic heterocycles. The van der Waals surface area contributed by atoms with Gasteiger partial charge in [0.05, 0.1) is 22.8 Å². The van der Waals surface area contributed by atoms with Crippen molar-refractivity contribution < 1.29 is 4.79 Å². The number of rotatable bonds is 3. The Hall–Kier alpha value is -3.46. The summed E-state index contributed by atoms with van der Waals surface area (Å²) in [6, 6.07) is 9.99. The van der Waals surface area contributed by atoms with E-state index in [0.717, 1.165) is 72.5 Å². The molecule has 1 amide bonds. The van der Waals surface area contributed by atoms with Crippen molar-refractivity contribution in [3.8, 4) is 0 Å². The van der Waals surface area contributed by atoms with Crippen LogP contribution in [0.5, 0.6) is 0 Å². The van der Waals surface area contributed by atoms with Gasteiger partial charge in [-0.15, -0.1) is 0 Å². The molecule has 2 saturated heterocycles. The predicted molar refractivity (Wildman–Crippen MR) is 131 cm³/mol. The zero-order chi connectivity index (χ0) is 23.4. The average Bonchev–Trinajstić information content (AvgIpc) is 3.55. The maximum Gasteiger partial charge on any atom is 0.290 e. The summed E-state index contributed by atoms with van der Waals surface area (Å²) in [4.78, 5) is 27.5. The first-order chi connectivity index (χ1) is 16.5. The molecule has 5 heterocycles. The molecule has 0 saturated carbocycles. The van der Waals surface area contributed by atoms with Crippen LogP contribution < -0.4 is 10.6 Å². The normalized spacial score (nSPS) is 21.1. The third kappa shape index (κ3) is 3.42. The summed E-state index contributed by atoms with van der Waals surface area (Å²) in [6.45, 7) is 4.52. The Morgan fingerprint density at radius 2 is 1.97 bits per heavy atom. The Bertz CT molecular complexity index is 1390. The largest absolute Gasteiger partial charge is 0.355 e. The summed E-state index contributed by atoms with van der Waals surface area (Å²) < 4.78 is 3.74. The SMILES string of the molecule is Cc1cn2nc([C@@H]3CCCCN3C(=O)c3nc4ccccc4n3C)cc2nc1N1CC[C@H](N)C1. The van der Waals surface area contributed by atoms with Crippen LogP contribution in [0.1, 0.15) is 53.6 Å². The predicted octanol–water partition coefficient (Wildman–Crippen LogP) is 2.83. The molecule has 9 heteroatoms. The lowest BCUT2D eigenvalue weighted by atomic mass is 9.99. The van der Waals surface area contributed by atoms with Gasteiger partial charge in [-0.3, -0.25) is 4.79 Å². The molecule has 0 bridgehead atoms. The Labute approximate surface area is 198 Å². The van der Waals surface area contributed by atoms with E-state index in [9.17, 15) is 4.79 Å². The van der Waals surface area contributed by atoms with E-state index in [0.29, 0.717) is 12.4 Å². The molecule has 9 nitrogen and oxygen atoms in total. The van der Waals surface area contributed by atoms with Gasteiger partial charge in [0.1, 0.15) is 5.82 Å². The van der Waals surface area contributed by atoms with Crippen LogP contribution in [-0.4, -0.2) is 60.6 Å². The summed E-state index contributed by atoms with van der Waals surface area (Å²) >= 11 is 0. The molecular weight excluding hydrogens is 428 g/mol. The van der Waals surface area contributed by atoms with E-state index in [-0.39, 0.29) is 18.0 Å². The molecule has 4 aromatic rings. The minimum absolute atomic E-state index is 0.0451. The van der Waals surface area contributed by atoms with Gasteiger partial charge in [-0.2, -0.15) is 5.10 Å². The van der Waals surface area contributed by atoms with Crippen molar-refractivity contribution in [3.05, 3.63) is 53.6 Å². The molecule has 0 unspecified atom stereocenters. The number of amides is 1. The van der Waals surface area contributed by atoms with E-state index >= 15 is 0 Å². The Morgan fingerprint density at radius 1 is 1.12 bits per heavy atom. The van der Waals surface area contributed by atoms with Crippen molar-refractivity contribution >= 4 is 28.4 Å².